The molecule has 1 atom stereocenters. The summed E-state index contributed by atoms with van der Waals surface area (Å²) in [6, 6.07) is 6.33. The van der Waals surface area contributed by atoms with Crippen LogP contribution in [0.1, 0.15) is 36.0 Å². The van der Waals surface area contributed by atoms with Crippen LogP contribution in [-0.2, 0) is 17.8 Å². The average Bonchev–Trinajstić information content (AvgIpc) is 3.21. The highest BCUT2D eigenvalue weighted by molar-refractivity contribution is 5.78. The number of para-hydroxylation sites is 1. The van der Waals surface area contributed by atoms with Crippen molar-refractivity contribution in [3.05, 3.63) is 53.4 Å². The first-order valence-corrected chi connectivity index (χ1v) is 8.94. The van der Waals surface area contributed by atoms with E-state index in [4.69, 9.17) is 9.72 Å². The summed E-state index contributed by atoms with van der Waals surface area (Å²) in [7, 11) is 0. The summed E-state index contributed by atoms with van der Waals surface area (Å²) in [6.45, 7) is 1.88. The molecule has 1 amide bonds. The second kappa shape index (κ2) is 7.37. The molecule has 6 nitrogen and oxygen atoms in total. The first-order valence-electron chi connectivity index (χ1n) is 8.94. The van der Waals surface area contributed by atoms with Gasteiger partial charge in [-0.1, -0.05) is 12.1 Å². The molecule has 2 aliphatic heterocycles. The Morgan fingerprint density at radius 2 is 2.27 bits per heavy atom. The van der Waals surface area contributed by atoms with Crippen LogP contribution in [0.25, 0.3) is 0 Å². The number of carbonyl (C=O) groups excluding carboxylic acids is 1. The lowest BCUT2D eigenvalue weighted by Crippen LogP contribution is -2.39. The Hall–Kier alpha value is -2.54. The number of carbonyl (C=O) groups is 1. The van der Waals surface area contributed by atoms with E-state index < -0.39 is 5.82 Å². The topological polar surface area (TPSA) is 67.3 Å². The highest BCUT2D eigenvalue weighted by atomic mass is 19.1. The monoisotopic (exact) mass is 356 g/mol. The van der Waals surface area contributed by atoms with Crippen LogP contribution in [0.15, 0.2) is 30.5 Å². The van der Waals surface area contributed by atoms with Gasteiger partial charge < -0.3 is 15.0 Å². The number of aromatic nitrogens is 2. The number of fused-ring (bicyclic) bond motifs is 1. The first-order chi connectivity index (χ1) is 12.7. The van der Waals surface area contributed by atoms with Gasteiger partial charge in [0.15, 0.2) is 18.2 Å². The van der Waals surface area contributed by atoms with Crippen molar-refractivity contribution in [1.29, 1.82) is 0 Å². The minimum Gasteiger partial charge on any atom is -0.481 e. The molecule has 1 N–H and O–H groups in total. The van der Waals surface area contributed by atoms with Gasteiger partial charge in [0.25, 0.3) is 5.91 Å². The quantitative estimate of drug-likeness (QED) is 0.908. The van der Waals surface area contributed by atoms with Crippen molar-refractivity contribution in [1.82, 2.24) is 20.2 Å². The zero-order valence-electron chi connectivity index (χ0n) is 14.4. The zero-order chi connectivity index (χ0) is 17.9. The molecule has 7 heteroatoms. The van der Waals surface area contributed by atoms with Crippen LogP contribution >= 0.6 is 0 Å². The zero-order valence-corrected chi connectivity index (χ0v) is 14.4. The maximum absolute atomic E-state index is 13.6. The third kappa shape index (κ3) is 3.53. The summed E-state index contributed by atoms with van der Waals surface area (Å²) >= 11 is 0. The summed E-state index contributed by atoms with van der Waals surface area (Å²) < 4.78 is 18.9. The Kier molecular flexibility index (Phi) is 4.79. The predicted molar refractivity (Wildman–Crippen MR) is 93.0 cm³/mol. The molecule has 0 bridgehead atoms. The van der Waals surface area contributed by atoms with Gasteiger partial charge in [0.1, 0.15) is 5.82 Å². The van der Waals surface area contributed by atoms with Gasteiger partial charge in [-0.3, -0.25) is 4.79 Å². The molecule has 1 saturated heterocycles. The SMILES string of the molecule is O=C(COc1ccccc1F)N1CCc2nc([C@H]3CCCN3)ncc2C1. The maximum atomic E-state index is 13.6. The number of ether oxygens (including phenoxy) is 1. The van der Waals surface area contributed by atoms with Gasteiger partial charge in [-0.25, -0.2) is 14.4 Å². The molecule has 1 aromatic carbocycles. The highest BCUT2D eigenvalue weighted by Crippen LogP contribution is 2.23. The summed E-state index contributed by atoms with van der Waals surface area (Å²) in [6.07, 6.45) is 4.74. The molecule has 4 rings (SSSR count). The van der Waals surface area contributed by atoms with E-state index in [9.17, 15) is 9.18 Å². The fraction of sp³-hybridized carbons (Fsp3) is 0.421. The molecule has 2 aliphatic rings. The molecule has 0 radical (unpaired) electrons. The summed E-state index contributed by atoms with van der Waals surface area (Å²) in [5.74, 6) is 0.311. The molecule has 1 fully saturated rings. The van der Waals surface area contributed by atoms with Gasteiger partial charge in [0.05, 0.1) is 11.7 Å². The van der Waals surface area contributed by atoms with Crippen LogP contribution in [0.2, 0.25) is 0 Å². The van der Waals surface area contributed by atoms with Crippen molar-refractivity contribution in [3.8, 4) is 5.75 Å². The second-order valence-corrected chi connectivity index (χ2v) is 6.63. The van der Waals surface area contributed by atoms with Crippen molar-refractivity contribution in [2.24, 2.45) is 0 Å². The van der Waals surface area contributed by atoms with Gasteiger partial charge in [-0.05, 0) is 31.5 Å². The van der Waals surface area contributed by atoms with Gasteiger partial charge in [0.2, 0.25) is 0 Å². The number of nitrogens with zero attached hydrogens (tertiary/aromatic N) is 3. The lowest BCUT2D eigenvalue weighted by molar-refractivity contribution is -0.134. The van der Waals surface area contributed by atoms with Gasteiger partial charge in [0, 0.05) is 31.3 Å². The number of hydrogen-bond acceptors (Lipinski definition) is 5. The van der Waals surface area contributed by atoms with E-state index in [1.54, 1.807) is 17.0 Å². The van der Waals surface area contributed by atoms with Gasteiger partial charge in [-0.2, -0.15) is 0 Å². The molecule has 1 aromatic heterocycles. The van der Waals surface area contributed by atoms with Crippen LogP contribution in [0, 0.1) is 5.82 Å². The Morgan fingerprint density at radius 3 is 3.08 bits per heavy atom. The fourth-order valence-corrected chi connectivity index (χ4v) is 3.41. The molecular weight excluding hydrogens is 335 g/mol. The summed E-state index contributed by atoms with van der Waals surface area (Å²) in [5.41, 5.74) is 1.99. The summed E-state index contributed by atoms with van der Waals surface area (Å²) in [5, 5.41) is 3.41. The van der Waals surface area contributed by atoms with Crippen molar-refractivity contribution >= 4 is 5.91 Å². The molecule has 0 spiro atoms. The number of halogens is 1. The molecular formula is C19H21FN4O2. The smallest absolute Gasteiger partial charge is 0.260 e. The van der Waals surface area contributed by atoms with Crippen LogP contribution in [0.5, 0.6) is 5.75 Å². The standard InChI is InChI=1S/C19H21FN4O2/c20-14-4-1-2-6-17(14)26-12-18(25)24-9-7-15-13(11-24)10-22-19(23-15)16-5-3-8-21-16/h1-2,4,6,10,16,21H,3,5,7-9,11-12H2/t16-/m1/s1. The molecule has 0 unspecified atom stereocenters. The van der Waals surface area contributed by atoms with Crippen LogP contribution in [0.4, 0.5) is 4.39 Å². The van der Waals surface area contributed by atoms with E-state index in [1.807, 2.05) is 6.20 Å². The molecule has 0 saturated carbocycles. The Labute approximate surface area is 151 Å². The predicted octanol–water partition coefficient (Wildman–Crippen LogP) is 2.00. The lowest BCUT2D eigenvalue weighted by atomic mass is 10.1. The van der Waals surface area contributed by atoms with Crippen LogP contribution < -0.4 is 10.1 Å². The van der Waals surface area contributed by atoms with Gasteiger partial charge >= 0.3 is 0 Å². The van der Waals surface area contributed by atoms with Crippen molar-refractivity contribution in [3.63, 3.8) is 0 Å². The number of benzene rings is 1. The van der Waals surface area contributed by atoms with E-state index in [-0.39, 0.29) is 24.3 Å². The fourth-order valence-electron chi connectivity index (χ4n) is 3.41. The van der Waals surface area contributed by atoms with Crippen LogP contribution in [0.3, 0.4) is 0 Å². The average molecular weight is 356 g/mol. The van der Waals surface area contributed by atoms with Gasteiger partial charge in [-0.15, -0.1) is 0 Å². The summed E-state index contributed by atoms with van der Waals surface area (Å²) in [4.78, 5) is 23.3. The number of amides is 1. The number of rotatable bonds is 4. The number of nitrogens with one attached hydrogen (secondary N) is 1. The third-order valence-electron chi connectivity index (χ3n) is 4.87. The molecule has 0 aliphatic carbocycles. The molecule has 2 aromatic rings. The van der Waals surface area contributed by atoms with E-state index in [0.29, 0.717) is 19.5 Å². The van der Waals surface area contributed by atoms with Crippen molar-refractivity contribution < 1.29 is 13.9 Å². The second-order valence-electron chi connectivity index (χ2n) is 6.63. The minimum atomic E-state index is -0.467. The molecule has 3 heterocycles. The molecule has 136 valence electrons. The van der Waals surface area contributed by atoms with E-state index >= 15 is 0 Å². The molecule has 26 heavy (non-hydrogen) atoms. The first kappa shape index (κ1) is 16.9. The Balaban J connectivity index is 1.38. The minimum absolute atomic E-state index is 0.0929. The number of hydrogen-bond donors (Lipinski definition) is 1. The van der Waals surface area contributed by atoms with E-state index in [0.717, 1.165) is 36.5 Å². The van der Waals surface area contributed by atoms with E-state index in [1.165, 1.54) is 12.1 Å². The maximum Gasteiger partial charge on any atom is 0.260 e. The lowest BCUT2D eigenvalue weighted by Gasteiger charge is -2.28. The third-order valence-corrected chi connectivity index (χ3v) is 4.87. The van der Waals surface area contributed by atoms with Crippen LogP contribution in [-0.4, -0.2) is 40.5 Å². The normalized spacial score (nSPS) is 19.3. The van der Waals surface area contributed by atoms with Crippen molar-refractivity contribution in [2.75, 3.05) is 19.7 Å². The van der Waals surface area contributed by atoms with E-state index in [2.05, 4.69) is 10.3 Å². The van der Waals surface area contributed by atoms with Crippen molar-refractivity contribution in [2.45, 2.75) is 31.8 Å². The highest BCUT2D eigenvalue weighted by Gasteiger charge is 2.25. The Bertz CT molecular complexity index is 808. The Morgan fingerprint density at radius 1 is 1.38 bits per heavy atom. The largest absolute Gasteiger partial charge is 0.481 e.